The van der Waals surface area contributed by atoms with Gasteiger partial charge in [-0.1, -0.05) is 11.6 Å². The number of sulfonamides is 1. The molecule has 0 saturated carbocycles. The fraction of sp³-hybridized carbons (Fsp3) is 0.769. The van der Waals surface area contributed by atoms with Crippen LogP contribution in [0.3, 0.4) is 0 Å². The number of hydrogen-bond donors (Lipinski definition) is 1. The smallest absolute Gasteiger partial charge is 0.213 e. The highest BCUT2D eigenvalue weighted by molar-refractivity contribution is 7.89. The summed E-state index contributed by atoms with van der Waals surface area (Å²) in [4.78, 5) is 0. The van der Waals surface area contributed by atoms with Crippen molar-refractivity contribution in [2.75, 3.05) is 18.8 Å². The predicted molar refractivity (Wildman–Crippen MR) is 83.9 cm³/mol. The van der Waals surface area contributed by atoms with Crippen molar-refractivity contribution in [1.82, 2.24) is 19.4 Å². The molecule has 0 aliphatic carbocycles. The van der Waals surface area contributed by atoms with Gasteiger partial charge in [-0.05, 0) is 26.7 Å². The van der Waals surface area contributed by atoms with Crippen molar-refractivity contribution in [1.29, 1.82) is 0 Å². The fourth-order valence-corrected chi connectivity index (χ4v) is 4.02. The van der Waals surface area contributed by atoms with Crippen molar-refractivity contribution in [2.45, 2.75) is 39.3 Å². The van der Waals surface area contributed by atoms with E-state index in [4.69, 9.17) is 11.6 Å². The van der Waals surface area contributed by atoms with Gasteiger partial charge < -0.3 is 5.32 Å². The van der Waals surface area contributed by atoms with Gasteiger partial charge in [-0.25, -0.2) is 12.7 Å². The molecular formula is C13H23ClN4O2S. The Balaban J connectivity index is 1.87. The van der Waals surface area contributed by atoms with Crippen LogP contribution in [0.15, 0.2) is 0 Å². The van der Waals surface area contributed by atoms with Crippen molar-refractivity contribution in [3.8, 4) is 0 Å². The lowest BCUT2D eigenvalue weighted by Crippen LogP contribution is -2.45. The van der Waals surface area contributed by atoms with Gasteiger partial charge in [-0.2, -0.15) is 5.10 Å². The lowest BCUT2D eigenvalue weighted by Gasteiger charge is -2.31. The van der Waals surface area contributed by atoms with Crippen LogP contribution in [0, 0.1) is 6.92 Å². The highest BCUT2D eigenvalue weighted by Gasteiger charge is 2.26. The van der Waals surface area contributed by atoms with E-state index < -0.39 is 10.0 Å². The van der Waals surface area contributed by atoms with Crippen molar-refractivity contribution >= 4 is 21.6 Å². The predicted octanol–water partition coefficient (Wildman–Crippen LogP) is 1.29. The zero-order valence-corrected chi connectivity index (χ0v) is 14.3. The minimum absolute atomic E-state index is 0.176. The summed E-state index contributed by atoms with van der Waals surface area (Å²) in [5, 5.41) is 8.41. The lowest BCUT2D eigenvalue weighted by atomic mass is 10.1. The van der Waals surface area contributed by atoms with Gasteiger partial charge in [0.1, 0.15) is 5.15 Å². The number of aromatic nitrogens is 2. The SMILES string of the molecule is CCS(=O)(=O)N1CCC(NCc2c(C)nn(C)c2Cl)CC1. The first-order chi connectivity index (χ1) is 9.85. The Morgan fingerprint density at radius 1 is 1.38 bits per heavy atom. The van der Waals surface area contributed by atoms with E-state index in [1.165, 1.54) is 0 Å². The quantitative estimate of drug-likeness (QED) is 0.881. The molecule has 0 spiro atoms. The molecule has 0 aromatic carbocycles. The van der Waals surface area contributed by atoms with E-state index in [1.807, 2.05) is 14.0 Å². The number of rotatable bonds is 5. The number of nitrogens with one attached hydrogen (secondary N) is 1. The van der Waals surface area contributed by atoms with Crippen LogP contribution in [0.2, 0.25) is 5.15 Å². The third-order valence-corrected chi connectivity index (χ3v) is 6.40. The number of piperidine rings is 1. The summed E-state index contributed by atoms with van der Waals surface area (Å²) >= 11 is 6.21. The molecule has 21 heavy (non-hydrogen) atoms. The van der Waals surface area contributed by atoms with Gasteiger partial charge in [0.15, 0.2) is 0 Å². The van der Waals surface area contributed by atoms with Gasteiger partial charge in [0.2, 0.25) is 10.0 Å². The second kappa shape index (κ2) is 6.64. The van der Waals surface area contributed by atoms with Gasteiger partial charge in [0.05, 0.1) is 11.4 Å². The maximum Gasteiger partial charge on any atom is 0.213 e. The normalized spacial score (nSPS) is 18.3. The van der Waals surface area contributed by atoms with Crippen LogP contribution in [0.5, 0.6) is 0 Å². The minimum Gasteiger partial charge on any atom is -0.310 e. The Morgan fingerprint density at radius 2 is 2.00 bits per heavy atom. The Morgan fingerprint density at radius 3 is 2.48 bits per heavy atom. The Labute approximate surface area is 131 Å². The molecule has 1 fully saturated rings. The van der Waals surface area contributed by atoms with Crippen molar-refractivity contribution < 1.29 is 8.42 Å². The molecule has 1 saturated heterocycles. The zero-order chi connectivity index (χ0) is 15.6. The van der Waals surface area contributed by atoms with E-state index >= 15 is 0 Å². The highest BCUT2D eigenvalue weighted by Crippen LogP contribution is 2.20. The van der Waals surface area contributed by atoms with Crippen molar-refractivity contribution in [3.05, 3.63) is 16.4 Å². The first kappa shape index (κ1) is 16.7. The van der Waals surface area contributed by atoms with Gasteiger partial charge in [0, 0.05) is 38.3 Å². The number of hydrogen-bond acceptors (Lipinski definition) is 4. The average Bonchev–Trinajstić information content (AvgIpc) is 2.71. The number of halogens is 1. The molecule has 1 aliphatic heterocycles. The molecule has 0 atom stereocenters. The van der Waals surface area contributed by atoms with Crippen molar-refractivity contribution in [3.63, 3.8) is 0 Å². The summed E-state index contributed by atoms with van der Waals surface area (Å²) in [6, 6.07) is 0.323. The molecule has 0 radical (unpaired) electrons. The van der Waals surface area contributed by atoms with E-state index in [0.29, 0.717) is 30.8 Å². The van der Waals surface area contributed by atoms with Crippen LogP contribution in [0.25, 0.3) is 0 Å². The van der Waals surface area contributed by atoms with E-state index in [2.05, 4.69) is 10.4 Å². The molecule has 1 aromatic rings. The monoisotopic (exact) mass is 334 g/mol. The summed E-state index contributed by atoms with van der Waals surface area (Å²) in [5.74, 6) is 0.176. The molecule has 0 unspecified atom stereocenters. The summed E-state index contributed by atoms with van der Waals surface area (Å²) in [7, 11) is -1.22. The van der Waals surface area contributed by atoms with Gasteiger partial charge in [-0.3, -0.25) is 4.68 Å². The molecule has 1 aliphatic rings. The van der Waals surface area contributed by atoms with Gasteiger partial charge in [-0.15, -0.1) is 0 Å². The second-order valence-corrected chi connectivity index (χ2v) is 8.05. The molecule has 120 valence electrons. The molecule has 0 bridgehead atoms. The third-order valence-electron chi connectivity index (χ3n) is 4.05. The van der Waals surface area contributed by atoms with E-state index in [9.17, 15) is 8.42 Å². The van der Waals surface area contributed by atoms with Crippen LogP contribution in [-0.2, 0) is 23.6 Å². The molecule has 1 N–H and O–H groups in total. The first-order valence-corrected chi connectivity index (χ1v) is 9.23. The summed E-state index contributed by atoms with van der Waals surface area (Å²) in [6.07, 6.45) is 1.66. The van der Waals surface area contributed by atoms with Gasteiger partial charge >= 0.3 is 0 Å². The summed E-state index contributed by atoms with van der Waals surface area (Å²) in [6.45, 7) is 5.48. The van der Waals surface area contributed by atoms with Crippen LogP contribution in [0.4, 0.5) is 0 Å². The highest BCUT2D eigenvalue weighted by atomic mass is 35.5. The maximum atomic E-state index is 11.8. The lowest BCUT2D eigenvalue weighted by molar-refractivity contribution is 0.289. The van der Waals surface area contributed by atoms with E-state index in [-0.39, 0.29) is 5.75 Å². The Bertz CT molecular complexity index is 592. The summed E-state index contributed by atoms with van der Waals surface area (Å²) in [5.41, 5.74) is 1.95. The van der Waals surface area contributed by atoms with E-state index in [0.717, 1.165) is 24.1 Å². The standard InChI is InChI=1S/C13H23ClN4O2S/c1-4-21(19,20)18-7-5-11(6-8-18)15-9-12-10(2)16-17(3)13(12)14/h11,15H,4-9H2,1-3H3. The third kappa shape index (κ3) is 3.77. The maximum absolute atomic E-state index is 11.8. The Kier molecular flexibility index (Phi) is 5.29. The average molecular weight is 335 g/mol. The van der Waals surface area contributed by atoms with Crippen LogP contribution in [-0.4, -0.2) is 47.4 Å². The topological polar surface area (TPSA) is 67.2 Å². The molecule has 8 heteroatoms. The zero-order valence-electron chi connectivity index (χ0n) is 12.8. The van der Waals surface area contributed by atoms with Crippen LogP contribution < -0.4 is 5.32 Å². The number of nitrogens with zero attached hydrogens (tertiary/aromatic N) is 3. The molecule has 1 aromatic heterocycles. The largest absolute Gasteiger partial charge is 0.310 e. The minimum atomic E-state index is -3.05. The number of aryl methyl sites for hydroxylation is 2. The van der Waals surface area contributed by atoms with E-state index in [1.54, 1.807) is 15.9 Å². The van der Waals surface area contributed by atoms with Crippen molar-refractivity contribution in [2.24, 2.45) is 7.05 Å². The van der Waals surface area contributed by atoms with Gasteiger partial charge in [0.25, 0.3) is 0 Å². The Hall–Kier alpha value is -0.630. The molecule has 2 rings (SSSR count). The molecular weight excluding hydrogens is 312 g/mol. The first-order valence-electron chi connectivity index (χ1n) is 7.24. The van der Waals surface area contributed by atoms with Crippen LogP contribution >= 0.6 is 11.6 Å². The summed E-state index contributed by atoms with van der Waals surface area (Å²) < 4.78 is 26.9. The van der Waals surface area contributed by atoms with Crippen LogP contribution in [0.1, 0.15) is 31.0 Å². The second-order valence-electron chi connectivity index (χ2n) is 5.43. The fourth-order valence-electron chi connectivity index (χ4n) is 2.64. The molecule has 6 nitrogen and oxygen atoms in total. The molecule has 0 amide bonds. The molecule has 2 heterocycles.